The van der Waals surface area contributed by atoms with E-state index in [0.717, 1.165) is 24.8 Å². The second kappa shape index (κ2) is 11.0. The molecule has 7 nitrogen and oxygen atoms in total. The molecule has 2 aromatic carbocycles. The number of rotatable bonds is 8. The van der Waals surface area contributed by atoms with Crippen molar-refractivity contribution in [2.45, 2.75) is 51.8 Å². The van der Waals surface area contributed by atoms with Crippen molar-refractivity contribution in [3.63, 3.8) is 0 Å². The SMILES string of the molecule is CCCCCN1Nc2cc(F)ccc2C1NC(=NCC(C)(C)O)NC(=O)c1cccc(Cl)c1. The summed E-state index contributed by atoms with van der Waals surface area (Å²) < 4.78 is 13.8. The van der Waals surface area contributed by atoms with Crippen LogP contribution < -0.4 is 16.1 Å². The molecule has 1 aliphatic heterocycles. The summed E-state index contributed by atoms with van der Waals surface area (Å²) >= 11 is 6.03. The predicted molar refractivity (Wildman–Crippen MR) is 130 cm³/mol. The number of nitrogens with zero attached hydrogens (tertiary/aromatic N) is 2. The molecule has 9 heteroatoms. The first-order chi connectivity index (χ1) is 15.7. The van der Waals surface area contributed by atoms with E-state index >= 15 is 0 Å². The van der Waals surface area contributed by atoms with Gasteiger partial charge in [-0.2, -0.15) is 5.01 Å². The van der Waals surface area contributed by atoms with Crippen LogP contribution in [0.15, 0.2) is 47.5 Å². The monoisotopic (exact) mass is 475 g/mol. The van der Waals surface area contributed by atoms with Crippen molar-refractivity contribution in [2.24, 2.45) is 4.99 Å². The zero-order valence-electron chi connectivity index (χ0n) is 19.2. The highest BCUT2D eigenvalue weighted by molar-refractivity contribution is 6.31. The zero-order chi connectivity index (χ0) is 24.0. The summed E-state index contributed by atoms with van der Waals surface area (Å²) in [4.78, 5) is 17.3. The van der Waals surface area contributed by atoms with Crippen LogP contribution in [0.4, 0.5) is 10.1 Å². The van der Waals surface area contributed by atoms with E-state index in [1.165, 1.54) is 12.1 Å². The minimum Gasteiger partial charge on any atom is -0.389 e. The Kier molecular flexibility index (Phi) is 8.29. The Hall–Kier alpha value is -2.68. The van der Waals surface area contributed by atoms with Crippen molar-refractivity contribution in [2.75, 3.05) is 18.5 Å². The van der Waals surface area contributed by atoms with Crippen LogP contribution in [0.3, 0.4) is 0 Å². The van der Waals surface area contributed by atoms with Gasteiger partial charge in [0.2, 0.25) is 0 Å². The lowest BCUT2D eigenvalue weighted by molar-refractivity contribution is 0.0894. The van der Waals surface area contributed by atoms with Crippen molar-refractivity contribution in [3.8, 4) is 0 Å². The molecule has 0 aromatic heterocycles. The fourth-order valence-corrected chi connectivity index (χ4v) is 3.65. The van der Waals surface area contributed by atoms with Gasteiger partial charge in [-0.15, -0.1) is 0 Å². The van der Waals surface area contributed by atoms with Gasteiger partial charge in [0.1, 0.15) is 12.0 Å². The molecule has 0 saturated carbocycles. The largest absolute Gasteiger partial charge is 0.389 e. The van der Waals surface area contributed by atoms with Crippen LogP contribution in [0, 0.1) is 5.82 Å². The maximum atomic E-state index is 13.8. The Labute approximate surface area is 199 Å². The number of benzene rings is 2. The van der Waals surface area contributed by atoms with Crippen LogP contribution in [-0.4, -0.2) is 40.7 Å². The first-order valence-corrected chi connectivity index (χ1v) is 11.5. The Morgan fingerprint density at radius 2 is 2.06 bits per heavy atom. The van der Waals surface area contributed by atoms with E-state index in [1.807, 2.05) is 5.01 Å². The Balaban J connectivity index is 1.86. The van der Waals surface area contributed by atoms with Gasteiger partial charge in [-0.1, -0.05) is 43.5 Å². The number of carbonyl (C=O) groups is 1. The van der Waals surface area contributed by atoms with Crippen molar-refractivity contribution >= 4 is 29.2 Å². The fraction of sp³-hybridized carbons (Fsp3) is 0.417. The quantitative estimate of drug-likeness (QED) is 0.257. The molecule has 0 radical (unpaired) electrons. The lowest BCUT2D eigenvalue weighted by Gasteiger charge is -2.27. The third-order valence-corrected chi connectivity index (χ3v) is 5.34. The highest BCUT2D eigenvalue weighted by Crippen LogP contribution is 2.34. The third-order valence-electron chi connectivity index (χ3n) is 5.10. The molecule has 1 heterocycles. The number of carbonyl (C=O) groups excluding carboxylic acids is 1. The molecule has 1 unspecified atom stereocenters. The molecule has 0 saturated heterocycles. The van der Waals surface area contributed by atoms with Crippen molar-refractivity contribution < 1.29 is 14.3 Å². The first-order valence-electron chi connectivity index (χ1n) is 11.1. The number of nitrogens with one attached hydrogen (secondary N) is 3. The molecular formula is C24H31ClFN5O2. The predicted octanol–water partition coefficient (Wildman–Crippen LogP) is 4.46. The first kappa shape index (κ1) is 25.0. The molecule has 1 atom stereocenters. The van der Waals surface area contributed by atoms with E-state index in [-0.39, 0.29) is 24.2 Å². The maximum Gasteiger partial charge on any atom is 0.257 e. The topological polar surface area (TPSA) is 89.0 Å². The molecule has 33 heavy (non-hydrogen) atoms. The molecule has 2 aromatic rings. The average molecular weight is 476 g/mol. The van der Waals surface area contributed by atoms with Gasteiger partial charge in [0.05, 0.1) is 17.8 Å². The van der Waals surface area contributed by atoms with Gasteiger partial charge in [-0.05, 0) is 50.6 Å². The number of hydrazine groups is 1. The molecule has 0 spiro atoms. The highest BCUT2D eigenvalue weighted by atomic mass is 35.5. The standard InChI is InChI=1S/C24H31ClFN5O2/c1-4-5-6-12-31-21(19-11-10-18(26)14-20(19)30-31)28-23(27-15-24(2,3)33)29-22(32)16-8-7-9-17(25)13-16/h7-11,13-14,21,30,33H,4-6,12,15H2,1-3H3,(H2,27,28,29,32). The normalized spacial score (nSPS) is 16.3. The minimum absolute atomic E-state index is 0.0669. The highest BCUT2D eigenvalue weighted by Gasteiger charge is 2.31. The van der Waals surface area contributed by atoms with E-state index in [9.17, 15) is 14.3 Å². The van der Waals surface area contributed by atoms with Crippen LogP contribution in [0.2, 0.25) is 5.02 Å². The molecule has 178 valence electrons. The molecule has 0 fully saturated rings. The number of guanidine groups is 1. The van der Waals surface area contributed by atoms with Crippen molar-refractivity contribution in [1.29, 1.82) is 0 Å². The number of aliphatic hydroxyl groups is 1. The summed E-state index contributed by atoms with van der Waals surface area (Å²) in [5.74, 6) is -0.519. The molecular weight excluding hydrogens is 445 g/mol. The fourth-order valence-electron chi connectivity index (χ4n) is 3.46. The van der Waals surface area contributed by atoms with Crippen LogP contribution in [0.1, 0.15) is 62.1 Å². The number of fused-ring (bicyclic) bond motifs is 1. The van der Waals surface area contributed by atoms with E-state index in [1.54, 1.807) is 44.2 Å². The summed E-state index contributed by atoms with van der Waals surface area (Å²) in [6.45, 7) is 6.18. The minimum atomic E-state index is -1.07. The van der Waals surface area contributed by atoms with Crippen LogP contribution >= 0.6 is 11.6 Å². The second-order valence-electron chi connectivity index (χ2n) is 8.73. The number of unbranched alkanes of at least 4 members (excludes halogenated alkanes) is 2. The number of aliphatic imine (C=N–C) groups is 1. The van der Waals surface area contributed by atoms with Crippen LogP contribution in [0.25, 0.3) is 0 Å². The number of amides is 1. The van der Waals surface area contributed by atoms with Gasteiger partial charge in [-0.3, -0.25) is 10.1 Å². The van der Waals surface area contributed by atoms with Gasteiger partial charge >= 0.3 is 0 Å². The molecule has 3 rings (SSSR count). The Bertz CT molecular complexity index is 1010. The van der Waals surface area contributed by atoms with E-state index in [2.05, 4.69) is 28.0 Å². The number of hydrogen-bond donors (Lipinski definition) is 4. The number of anilines is 1. The number of hydrogen-bond acceptors (Lipinski definition) is 5. The van der Waals surface area contributed by atoms with Gasteiger partial charge in [0, 0.05) is 22.7 Å². The zero-order valence-corrected chi connectivity index (χ0v) is 19.9. The Morgan fingerprint density at radius 3 is 2.76 bits per heavy atom. The van der Waals surface area contributed by atoms with Gasteiger partial charge in [-0.25, -0.2) is 9.38 Å². The second-order valence-corrected chi connectivity index (χ2v) is 9.17. The Morgan fingerprint density at radius 1 is 1.27 bits per heavy atom. The van der Waals surface area contributed by atoms with Gasteiger partial charge < -0.3 is 15.8 Å². The smallest absolute Gasteiger partial charge is 0.257 e. The number of halogens is 2. The van der Waals surface area contributed by atoms with Crippen molar-refractivity contribution in [1.82, 2.24) is 15.6 Å². The molecule has 0 bridgehead atoms. The molecule has 1 amide bonds. The summed E-state index contributed by atoms with van der Waals surface area (Å²) in [6, 6.07) is 11.2. The maximum absolute atomic E-state index is 13.8. The third kappa shape index (κ3) is 7.15. The van der Waals surface area contributed by atoms with Crippen LogP contribution in [0.5, 0.6) is 0 Å². The lowest BCUT2D eigenvalue weighted by Crippen LogP contribution is -2.48. The summed E-state index contributed by atoms with van der Waals surface area (Å²) in [5.41, 5.74) is 4.06. The van der Waals surface area contributed by atoms with Gasteiger partial charge in [0.15, 0.2) is 5.96 Å². The summed E-state index contributed by atoms with van der Waals surface area (Å²) in [6.07, 6.45) is 2.68. The van der Waals surface area contributed by atoms with E-state index < -0.39 is 11.8 Å². The summed E-state index contributed by atoms with van der Waals surface area (Å²) in [5, 5.41) is 18.6. The van der Waals surface area contributed by atoms with Crippen LogP contribution in [-0.2, 0) is 0 Å². The van der Waals surface area contributed by atoms with E-state index in [0.29, 0.717) is 22.8 Å². The molecule has 4 N–H and O–H groups in total. The average Bonchev–Trinajstić information content (AvgIpc) is 3.07. The van der Waals surface area contributed by atoms with E-state index in [4.69, 9.17) is 11.6 Å². The van der Waals surface area contributed by atoms with Crippen molar-refractivity contribution in [3.05, 3.63) is 64.4 Å². The van der Waals surface area contributed by atoms with Gasteiger partial charge in [0.25, 0.3) is 5.91 Å². The molecule has 0 aliphatic carbocycles. The summed E-state index contributed by atoms with van der Waals surface area (Å²) in [7, 11) is 0. The molecule has 1 aliphatic rings. The lowest BCUT2D eigenvalue weighted by atomic mass is 10.1.